The van der Waals surface area contributed by atoms with E-state index in [1.165, 1.54) is 0 Å². The van der Waals surface area contributed by atoms with Crippen LogP contribution in [-0.2, 0) is 4.74 Å². The Hall–Kier alpha value is -1.04. The summed E-state index contributed by atoms with van der Waals surface area (Å²) in [5.74, 6) is 0. The van der Waals surface area contributed by atoms with Crippen LogP contribution in [0.25, 0.3) is 11.0 Å². The first-order chi connectivity index (χ1) is 9.36. The lowest BCUT2D eigenvalue weighted by Gasteiger charge is -2.30. The minimum Gasteiger partial charge on any atom is -0.380 e. The van der Waals surface area contributed by atoms with Crippen molar-refractivity contribution in [2.24, 2.45) is 0 Å². The van der Waals surface area contributed by atoms with Crippen molar-refractivity contribution < 1.29 is 4.74 Å². The molecule has 2 aromatic rings. The zero-order chi connectivity index (χ0) is 13.1. The summed E-state index contributed by atoms with van der Waals surface area (Å²) in [6.45, 7) is 4.80. The Kier molecular flexibility index (Phi) is 4.06. The smallest absolute Gasteiger partial charge is 0.166 e. The van der Waals surface area contributed by atoms with Gasteiger partial charge >= 0.3 is 0 Å². The predicted octanol–water partition coefficient (Wildman–Crippen LogP) is 2.42. The Labute approximate surface area is 117 Å². The van der Waals surface area contributed by atoms with Gasteiger partial charge in [-0.2, -0.15) is 0 Å². The molecule has 0 radical (unpaired) electrons. The van der Waals surface area contributed by atoms with E-state index in [0.29, 0.717) is 11.3 Å². The molecule has 1 aromatic heterocycles. The lowest BCUT2D eigenvalue weighted by atomic mass is 10.1. The first kappa shape index (κ1) is 13.0. The van der Waals surface area contributed by atoms with Gasteiger partial charge in [0, 0.05) is 12.6 Å². The fraction of sp³-hybridized carbons (Fsp3) is 0.500. The fourth-order valence-electron chi connectivity index (χ4n) is 2.45. The minimum atomic E-state index is 0.425. The number of H-pyrrole nitrogens is 1. The van der Waals surface area contributed by atoms with Gasteiger partial charge in [0.25, 0.3) is 0 Å². The average Bonchev–Trinajstić information content (AvgIpc) is 2.83. The van der Waals surface area contributed by atoms with Crippen LogP contribution in [0.5, 0.6) is 0 Å². The molecule has 5 heteroatoms. The summed E-state index contributed by atoms with van der Waals surface area (Å²) in [5.41, 5.74) is 2.13. The molecule has 3 rings (SSSR count). The molecule has 0 saturated carbocycles. The molecule has 19 heavy (non-hydrogen) atoms. The van der Waals surface area contributed by atoms with E-state index < -0.39 is 0 Å². The number of hydrogen-bond donors (Lipinski definition) is 2. The van der Waals surface area contributed by atoms with E-state index in [9.17, 15) is 0 Å². The Morgan fingerprint density at radius 1 is 1.47 bits per heavy atom. The van der Waals surface area contributed by atoms with Crippen molar-refractivity contribution in [1.29, 1.82) is 0 Å². The van der Waals surface area contributed by atoms with Gasteiger partial charge in [-0.05, 0) is 25.1 Å². The number of para-hydroxylation sites is 2. The van der Waals surface area contributed by atoms with Gasteiger partial charge in [-0.25, -0.2) is 4.98 Å². The van der Waals surface area contributed by atoms with Gasteiger partial charge in [-0.15, -0.1) is 0 Å². The molecular weight excluding hydrogens is 258 g/mol. The quantitative estimate of drug-likeness (QED) is 0.901. The highest BCUT2D eigenvalue weighted by Gasteiger charge is 2.26. The molecule has 2 N–H and O–H groups in total. The van der Waals surface area contributed by atoms with E-state index in [0.717, 1.165) is 42.4 Å². The first-order valence-corrected chi connectivity index (χ1v) is 7.67. The Morgan fingerprint density at radius 2 is 2.37 bits per heavy atom. The molecule has 1 aromatic carbocycles. The fourth-order valence-corrected chi connectivity index (χ4v) is 3.62. The highest BCUT2D eigenvalue weighted by atomic mass is 32.2. The SMILES string of the molecule is CCNC1CCOCC1Sc1nc2ccccc2[nH]1. The second kappa shape index (κ2) is 5.94. The van der Waals surface area contributed by atoms with Crippen molar-refractivity contribution in [2.45, 2.75) is 29.8 Å². The maximum atomic E-state index is 5.60. The number of thioether (sulfide) groups is 1. The Bertz CT molecular complexity index is 507. The van der Waals surface area contributed by atoms with E-state index in [1.807, 2.05) is 18.2 Å². The number of aromatic nitrogens is 2. The van der Waals surface area contributed by atoms with Crippen LogP contribution < -0.4 is 5.32 Å². The predicted molar refractivity (Wildman–Crippen MR) is 78.6 cm³/mol. The zero-order valence-corrected chi connectivity index (χ0v) is 11.9. The first-order valence-electron chi connectivity index (χ1n) is 6.79. The number of imidazole rings is 1. The van der Waals surface area contributed by atoms with E-state index in [4.69, 9.17) is 4.74 Å². The summed E-state index contributed by atoms with van der Waals surface area (Å²) in [4.78, 5) is 8.00. The molecule has 1 fully saturated rings. The molecule has 2 atom stereocenters. The van der Waals surface area contributed by atoms with E-state index in [2.05, 4.69) is 28.3 Å². The minimum absolute atomic E-state index is 0.425. The largest absolute Gasteiger partial charge is 0.380 e. The van der Waals surface area contributed by atoms with Crippen LogP contribution in [0, 0.1) is 0 Å². The van der Waals surface area contributed by atoms with Crippen LogP contribution in [0.3, 0.4) is 0 Å². The van der Waals surface area contributed by atoms with Crippen LogP contribution in [0.2, 0.25) is 0 Å². The maximum Gasteiger partial charge on any atom is 0.166 e. The summed E-state index contributed by atoms with van der Waals surface area (Å²) in [5, 5.41) is 4.96. The van der Waals surface area contributed by atoms with Crippen molar-refractivity contribution in [3.8, 4) is 0 Å². The normalized spacial score (nSPS) is 23.8. The van der Waals surface area contributed by atoms with E-state index >= 15 is 0 Å². The molecule has 1 saturated heterocycles. The summed E-state index contributed by atoms with van der Waals surface area (Å²) in [6, 6.07) is 8.65. The summed E-state index contributed by atoms with van der Waals surface area (Å²) >= 11 is 1.78. The summed E-state index contributed by atoms with van der Waals surface area (Å²) in [6.07, 6.45) is 1.08. The molecule has 1 aliphatic heterocycles. The molecule has 1 aliphatic rings. The topological polar surface area (TPSA) is 49.9 Å². The van der Waals surface area contributed by atoms with Gasteiger partial charge in [0.15, 0.2) is 5.16 Å². The highest BCUT2D eigenvalue weighted by Crippen LogP contribution is 2.28. The highest BCUT2D eigenvalue weighted by molar-refractivity contribution is 7.99. The van der Waals surface area contributed by atoms with Crippen LogP contribution in [-0.4, -0.2) is 41.0 Å². The van der Waals surface area contributed by atoms with E-state index in [1.54, 1.807) is 11.8 Å². The van der Waals surface area contributed by atoms with E-state index in [-0.39, 0.29) is 0 Å². The number of nitrogens with one attached hydrogen (secondary N) is 2. The third kappa shape index (κ3) is 2.94. The van der Waals surface area contributed by atoms with Gasteiger partial charge in [-0.1, -0.05) is 30.8 Å². The summed E-state index contributed by atoms with van der Waals surface area (Å²) in [7, 11) is 0. The van der Waals surface area contributed by atoms with Gasteiger partial charge < -0.3 is 15.0 Å². The molecule has 2 heterocycles. The number of ether oxygens (including phenoxy) is 1. The number of fused-ring (bicyclic) bond motifs is 1. The molecule has 0 aliphatic carbocycles. The Morgan fingerprint density at radius 3 is 3.21 bits per heavy atom. The summed E-state index contributed by atoms with van der Waals surface area (Å²) < 4.78 is 5.60. The van der Waals surface area contributed by atoms with Gasteiger partial charge in [0.05, 0.1) is 22.9 Å². The molecule has 4 nitrogen and oxygen atoms in total. The molecule has 0 amide bonds. The number of aromatic amines is 1. The second-order valence-electron chi connectivity index (χ2n) is 4.74. The number of nitrogens with zero attached hydrogens (tertiary/aromatic N) is 1. The third-order valence-electron chi connectivity index (χ3n) is 3.40. The Balaban J connectivity index is 1.75. The lowest BCUT2D eigenvalue weighted by molar-refractivity contribution is 0.0836. The van der Waals surface area contributed by atoms with Gasteiger partial charge in [-0.3, -0.25) is 0 Å². The van der Waals surface area contributed by atoms with Crippen molar-refractivity contribution in [3.05, 3.63) is 24.3 Å². The molecular formula is C14H19N3OS. The van der Waals surface area contributed by atoms with Gasteiger partial charge in [0.2, 0.25) is 0 Å². The maximum absolute atomic E-state index is 5.60. The molecule has 0 spiro atoms. The van der Waals surface area contributed by atoms with Crippen molar-refractivity contribution in [1.82, 2.24) is 15.3 Å². The number of hydrogen-bond acceptors (Lipinski definition) is 4. The van der Waals surface area contributed by atoms with Crippen LogP contribution >= 0.6 is 11.8 Å². The average molecular weight is 277 g/mol. The van der Waals surface area contributed by atoms with Crippen LogP contribution in [0.4, 0.5) is 0 Å². The number of rotatable bonds is 4. The van der Waals surface area contributed by atoms with Crippen LogP contribution in [0.1, 0.15) is 13.3 Å². The lowest BCUT2D eigenvalue weighted by Crippen LogP contribution is -2.44. The van der Waals surface area contributed by atoms with Crippen molar-refractivity contribution >= 4 is 22.8 Å². The van der Waals surface area contributed by atoms with Crippen molar-refractivity contribution in [2.75, 3.05) is 19.8 Å². The second-order valence-corrected chi connectivity index (χ2v) is 5.97. The molecule has 0 bridgehead atoms. The van der Waals surface area contributed by atoms with Crippen molar-refractivity contribution in [3.63, 3.8) is 0 Å². The van der Waals surface area contributed by atoms with Crippen LogP contribution in [0.15, 0.2) is 29.4 Å². The monoisotopic (exact) mass is 277 g/mol. The molecule has 2 unspecified atom stereocenters. The third-order valence-corrected chi connectivity index (χ3v) is 4.59. The molecule has 102 valence electrons. The zero-order valence-electron chi connectivity index (χ0n) is 11.1. The standard InChI is InChI=1S/C14H19N3OS/c1-2-15-12-7-8-18-9-13(12)19-14-16-10-5-3-4-6-11(10)17-14/h3-6,12-13,15H,2,7-9H2,1H3,(H,16,17). The van der Waals surface area contributed by atoms with Gasteiger partial charge in [0.1, 0.15) is 0 Å². The number of benzene rings is 1.